The number of hydrogen-bond donors (Lipinski definition) is 1. The summed E-state index contributed by atoms with van der Waals surface area (Å²) in [6, 6.07) is 1.36. The molecule has 1 amide bonds. The maximum atomic E-state index is 14.5. The zero-order valence-corrected chi connectivity index (χ0v) is 19.1. The number of imidazole rings is 1. The van der Waals surface area contributed by atoms with Gasteiger partial charge in [-0.2, -0.15) is 5.10 Å². The van der Waals surface area contributed by atoms with Crippen LogP contribution in [0.1, 0.15) is 16.8 Å². The molecule has 9 nitrogen and oxygen atoms in total. The number of hydrogen-bond acceptors (Lipinski definition) is 6. The van der Waals surface area contributed by atoms with Crippen LogP contribution in [0.4, 0.5) is 22.0 Å². The first-order valence-corrected chi connectivity index (χ1v) is 10.5. The largest absolute Gasteiger partial charge is 0.378 e. The Balaban J connectivity index is 0.00000304. The lowest BCUT2D eigenvalue weighted by molar-refractivity contribution is 0.00356. The SMILES string of the molecule is Cl.NC1COCCN(C(=O)c2cc3c(cn2)c(-c2cnc4c(F)cc(F)cn24)nn3C(F)C(F)F)C1. The van der Waals surface area contributed by atoms with Gasteiger partial charge < -0.3 is 15.4 Å². The van der Waals surface area contributed by atoms with Crippen molar-refractivity contribution in [1.29, 1.82) is 0 Å². The molecule has 2 unspecified atom stereocenters. The van der Waals surface area contributed by atoms with Crippen molar-refractivity contribution in [3.8, 4) is 11.4 Å². The van der Waals surface area contributed by atoms with Crippen LogP contribution in [0.5, 0.6) is 0 Å². The zero-order valence-electron chi connectivity index (χ0n) is 18.3. The van der Waals surface area contributed by atoms with E-state index in [1.54, 1.807) is 0 Å². The number of nitrogens with two attached hydrogens (primary N) is 1. The standard InChI is InChI=1S/C21H18F5N7O2.ClH/c22-10-3-13(23)20-29-6-16(32(20)7-10)17-12-5-28-14(4-15(12)33(30-17)19(26)18(24)25)21(34)31-1-2-35-9-11(27)8-31;/h3-7,11,18-19H,1-2,8-9,27H2;1H. The molecule has 0 spiro atoms. The molecule has 2 atom stereocenters. The van der Waals surface area contributed by atoms with Crippen LogP contribution in [0.3, 0.4) is 0 Å². The summed E-state index contributed by atoms with van der Waals surface area (Å²) in [5.74, 6) is -2.42. The molecule has 4 aromatic heterocycles. The number of amides is 1. The van der Waals surface area contributed by atoms with Crippen molar-refractivity contribution in [3.63, 3.8) is 0 Å². The van der Waals surface area contributed by atoms with Gasteiger partial charge in [0, 0.05) is 43.0 Å². The molecule has 5 heterocycles. The molecule has 36 heavy (non-hydrogen) atoms. The van der Waals surface area contributed by atoms with Gasteiger partial charge in [-0.25, -0.2) is 31.6 Å². The fourth-order valence-corrected chi connectivity index (χ4v) is 4.01. The number of ether oxygens (including phenoxy) is 1. The fourth-order valence-electron chi connectivity index (χ4n) is 4.01. The Labute approximate surface area is 206 Å². The molecule has 1 aliphatic rings. The molecular formula is C21H19ClF5N7O2. The Hall–Kier alpha value is -3.36. The van der Waals surface area contributed by atoms with E-state index in [0.717, 1.165) is 22.9 Å². The lowest BCUT2D eigenvalue weighted by Crippen LogP contribution is -2.41. The van der Waals surface area contributed by atoms with Gasteiger partial charge in [-0.15, -0.1) is 12.4 Å². The van der Waals surface area contributed by atoms with E-state index in [0.29, 0.717) is 10.7 Å². The van der Waals surface area contributed by atoms with E-state index in [1.165, 1.54) is 11.1 Å². The predicted octanol–water partition coefficient (Wildman–Crippen LogP) is 2.98. The van der Waals surface area contributed by atoms with E-state index in [9.17, 15) is 26.7 Å². The number of nitrogens with zero attached hydrogens (tertiary/aromatic N) is 6. The van der Waals surface area contributed by atoms with Crippen molar-refractivity contribution in [1.82, 2.24) is 29.0 Å². The third-order valence-electron chi connectivity index (χ3n) is 5.60. The summed E-state index contributed by atoms with van der Waals surface area (Å²) in [6.07, 6.45) is -3.04. The van der Waals surface area contributed by atoms with Crippen molar-refractivity contribution in [2.24, 2.45) is 5.73 Å². The third-order valence-corrected chi connectivity index (χ3v) is 5.60. The number of pyridine rings is 2. The second-order valence-electron chi connectivity index (χ2n) is 8.02. The topological polar surface area (TPSA) is 104 Å². The molecule has 5 rings (SSSR count). The van der Waals surface area contributed by atoms with Gasteiger partial charge in [0.15, 0.2) is 11.5 Å². The second-order valence-corrected chi connectivity index (χ2v) is 8.02. The normalized spacial score (nSPS) is 17.4. The van der Waals surface area contributed by atoms with Gasteiger partial charge in [0.1, 0.15) is 17.2 Å². The smallest absolute Gasteiger partial charge is 0.289 e. The van der Waals surface area contributed by atoms with Crippen molar-refractivity contribution < 1.29 is 31.5 Å². The highest BCUT2D eigenvalue weighted by molar-refractivity contribution is 5.99. The molecule has 0 bridgehead atoms. The highest BCUT2D eigenvalue weighted by Gasteiger charge is 2.29. The highest BCUT2D eigenvalue weighted by atomic mass is 35.5. The van der Waals surface area contributed by atoms with Gasteiger partial charge in [0.25, 0.3) is 18.6 Å². The lowest BCUT2D eigenvalue weighted by Gasteiger charge is -2.21. The van der Waals surface area contributed by atoms with E-state index in [4.69, 9.17) is 10.5 Å². The van der Waals surface area contributed by atoms with Crippen molar-refractivity contribution in [2.45, 2.75) is 18.8 Å². The molecule has 1 aliphatic heterocycles. The summed E-state index contributed by atoms with van der Waals surface area (Å²) in [5, 5.41) is 4.03. The molecule has 192 valence electrons. The predicted molar refractivity (Wildman–Crippen MR) is 120 cm³/mol. The Morgan fingerprint density at radius 3 is 2.69 bits per heavy atom. The number of alkyl halides is 3. The molecule has 1 fully saturated rings. The monoisotopic (exact) mass is 531 g/mol. The maximum absolute atomic E-state index is 14.5. The second kappa shape index (κ2) is 9.95. The van der Waals surface area contributed by atoms with Gasteiger partial charge in [0.2, 0.25) is 0 Å². The summed E-state index contributed by atoms with van der Waals surface area (Å²) < 4.78 is 75.9. The van der Waals surface area contributed by atoms with E-state index in [1.807, 2.05) is 0 Å². The molecule has 0 radical (unpaired) electrons. The van der Waals surface area contributed by atoms with Crippen LogP contribution >= 0.6 is 12.4 Å². The van der Waals surface area contributed by atoms with Crippen LogP contribution in [0.25, 0.3) is 27.9 Å². The van der Waals surface area contributed by atoms with Crippen LogP contribution in [0.2, 0.25) is 0 Å². The third kappa shape index (κ3) is 4.47. The first kappa shape index (κ1) is 25.7. The molecule has 1 saturated heterocycles. The fraction of sp³-hybridized carbons (Fsp3) is 0.333. The van der Waals surface area contributed by atoms with Crippen molar-refractivity contribution >= 4 is 34.9 Å². The summed E-state index contributed by atoms with van der Waals surface area (Å²) in [7, 11) is 0. The molecule has 0 saturated carbocycles. The van der Waals surface area contributed by atoms with Crippen LogP contribution in [-0.2, 0) is 4.74 Å². The maximum Gasteiger partial charge on any atom is 0.289 e. The van der Waals surface area contributed by atoms with Gasteiger partial charge in [-0.3, -0.25) is 14.2 Å². The van der Waals surface area contributed by atoms with Gasteiger partial charge in [-0.05, 0) is 6.07 Å². The van der Waals surface area contributed by atoms with E-state index < -0.39 is 36.3 Å². The van der Waals surface area contributed by atoms with Crippen LogP contribution in [0.15, 0.2) is 30.7 Å². The molecule has 4 aromatic rings. The van der Waals surface area contributed by atoms with Crippen LogP contribution in [-0.4, -0.2) is 73.7 Å². The van der Waals surface area contributed by atoms with Gasteiger partial charge in [0.05, 0.1) is 30.6 Å². The number of aromatic nitrogens is 5. The number of halogens is 6. The van der Waals surface area contributed by atoms with Crippen molar-refractivity contribution in [2.75, 3.05) is 26.3 Å². The molecule has 2 N–H and O–H groups in total. The molecule has 0 aromatic carbocycles. The summed E-state index contributed by atoms with van der Waals surface area (Å²) in [4.78, 5) is 22.4. The number of rotatable bonds is 4. The first-order valence-electron chi connectivity index (χ1n) is 10.5. The van der Waals surface area contributed by atoms with Gasteiger partial charge in [-0.1, -0.05) is 0 Å². The molecule has 0 aliphatic carbocycles. The number of carbonyl (C=O) groups is 1. The van der Waals surface area contributed by atoms with E-state index >= 15 is 0 Å². The summed E-state index contributed by atoms with van der Waals surface area (Å²) >= 11 is 0. The van der Waals surface area contributed by atoms with Crippen LogP contribution in [0, 0.1) is 11.6 Å². The average molecular weight is 532 g/mol. The minimum absolute atomic E-state index is 0. The van der Waals surface area contributed by atoms with Gasteiger partial charge >= 0.3 is 0 Å². The first-order chi connectivity index (χ1) is 16.7. The number of carbonyl (C=O) groups excluding carboxylic acids is 1. The van der Waals surface area contributed by atoms with E-state index in [2.05, 4.69) is 15.1 Å². The zero-order chi connectivity index (χ0) is 24.9. The summed E-state index contributed by atoms with van der Waals surface area (Å²) in [5.41, 5.74) is 5.28. The minimum atomic E-state index is -3.43. The molecular weight excluding hydrogens is 513 g/mol. The Kier molecular flexibility index (Phi) is 7.11. The number of fused-ring (bicyclic) bond motifs is 2. The highest BCUT2D eigenvalue weighted by Crippen LogP contribution is 2.33. The minimum Gasteiger partial charge on any atom is -0.378 e. The Morgan fingerprint density at radius 1 is 1.17 bits per heavy atom. The van der Waals surface area contributed by atoms with Crippen LogP contribution < -0.4 is 5.73 Å². The molecule has 15 heteroatoms. The van der Waals surface area contributed by atoms with Crippen molar-refractivity contribution in [3.05, 3.63) is 48.1 Å². The Bertz CT molecular complexity index is 1430. The summed E-state index contributed by atoms with van der Waals surface area (Å²) in [6.45, 7) is 0.942. The van der Waals surface area contributed by atoms with E-state index in [-0.39, 0.29) is 72.3 Å². The average Bonchev–Trinajstić information content (AvgIpc) is 3.33. The lowest BCUT2D eigenvalue weighted by atomic mass is 10.2. The Morgan fingerprint density at radius 2 is 1.94 bits per heavy atom. The quantitative estimate of drug-likeness (QED) is 0.406.